The molecule has 0 atom stereocenters. The topological polar surface area (TPSA) is 65.5 Å². The minimum absolute atomic E-state index is 0.295. The van der Waals surface area contributed by atoms with Crippen LogP contribution < -0.4 is 4.74 Å². The summed E-state index contributed by atoms with van der Waals surface area (Å²) in [6, 6.07) is 16.4. The van der Waals surface area contributed by atoms with Crippen molar-refractivity contribution in [2.45, 2.75) is 13.3 Å². The summed E-state index contributed by atoms with van der Waals surface area (Å²) in [7, 11) is 1.35. The highest BCUT2D eigenvalue weighted by molar-refractivity contribution is 5.90. The average molecular weight is 361 g/mol. The van der Waals surface area contributed by atoms with Crippen molar-refractivity contribution in [3.8, 4) is 5.75 Å². The van der Waals surface area contributed by atoms with Crippen molar-refractivity contribution < 1.29 is 19.1 Å². The molecule has 5 heteroatoms. The van der Waals surface area contributed by atoms with Crippen LogP contribution in [0, 0.1) is 0 Å². The number of esters is 2. The van der Waals surface area contributed by atoms with E-state index in [0.29, 0.717) is 23.3 Å². The zero-order valence-corrected chi connectivity index (χ0v) is 15.1. The molecule has 0 aliphatic carbocycles. The largest absolute Gasteiger partial charge is 0.465 e. The van der Waals surface area contributed by atoms with Crippen LogP contribution in [-0.2, 0) is 9.53 Å². The van der Waals surface area contributed by atoms with Crippen LogP contribution in [0.25, 0.3) is 23.1 Å². The summed E-state index contributed by atoms with van der Waals surface area (Å²) >= 11 is 0. The SMILES string of the molecule is CCC(=O)Oc1cccc2ccc(C=Cc3ccc(C(=O)OC)cc3)nc12. The van der Waals surface area contributed by atoms with Crippen molar-refractivity contribution in [1.29, 1.82) is 0 Å². The second-order valence-electron chi connectivity index (χ2n) is 5.84. The second kappa shape index (κ2) is 8.27. The highest BCUT2D eigenvalue weighted by Gasteiger charge is 2.08. The van der Waals surface area contributed by atoms with E-state index in [2.05, 4.69) is 4.98 Å². The maximum absolute atomic E-state index is 11.6. The van der Waals surface area contributed by atoms with Gasteiger partial charge in [0, 0.05) is 11.8 Å². The molecule has 27 heavy (non-hydrogen) atoms. The minimum Gasteiger partial charge on any atom is -0.465 e. The number of para-hydroxylation sites is 1. The lowest BCUT2D eigenvalue weighted by Crippen LogP contribution is -2.06. The Hall–Kier alpha value is -3.47. The Morgan fingerprint density at radius 1 is 1.00 bits per heavy atom. The average Bonchev–Trinajstić information content (AvgIpc) is 2.72. The normalized spacial score (nSPS) is 10.9. The van der Waals surface area contributed by atoms with Crippen molar-refractivity contribution in [2.75, 3.05) is 7.11 Å². The fourth-order valence-corrected chi connectivity index (χ4v) is 2.53. The summed E-state index contributed by atoms with van der Waals surface area (Å²) in [5.41, 5.74) is 2.80. The van der Waals surface area contributed by atoms with Crippen LogP contribution in [0.3, 0.4) is 0 Å². The first-order valence-electron chi connectivity index (χ1n) is 8.57. The Morgan fingerprint density at radius 2 is 1.78 bits per heavy atom. The van der Waals surface area contributed by atoms with Crippen molar-refractivity contribution in [1.82, 2.24) is 4.98 Å². The van der Waals surface area contributed by atoms with Gasteiger partial charge in [0.05, 0.1) is 18.4 Å². The fraction of sp³-hybridized carbons (Fsp3) is 0.136. The molecule has 0 N–H and O–H groups in total. The molecule has 0 radical (unpaired) electrons. The van der Waals surface area contributed by atoms with Gasteiger partial charge in [-0.1, -0.05) is 43.3 Å². The Kier molecular flexibility index (Phi) is 5.61. The van der Waals surface area contributed by atoms with Gasteiger partial charge in [-0.3, -0.25) is 4.79 Å². The van der Waals surface area contributed by atoms with Crippen LogP contribution in [0.2, 0.25) is 0 Å². The van der Waals surface area contributed by atoms with Gasteiger partial charge in [0.2, 0.25) is 0 Å². The van der Waals surface area contributed by atoms with Crippen LogP contribution in [0.4, 0.5) is 0 Å². The molecule has 3 aromatic rings. The van der Waals surface area contributed by atoms with Crippen LogP contribution in [0.1, 0.15) is 35.0 Å². The molecule has 136 valence electrons. The number of carbonyl (C=O) groups excluding carboxylic acids is 2. The van der Waals surface area contributed by atoms with Gasteiger partial charge in [0.1, 0.15) is 5.52 Å². The molecule has 3 rings (SSSR count). The predicted octanol–water partition coefficient (Wildman–Crippen LogP) is 4.51. The van der Waals surface area contributed by atoms with Gasteiger partial charge in [-0.25, -0.2) is 9.78 Å². The number of nitrogens with zero attached hydrogens (tertiary/aromatic N) is 1. The van der Waals surface area contributed by atoms with E-state index >= 15 is 0 Å². The molecule has 0 aliphatic rings. The zero-order valence-electron chi connectivity index (χ0n) is 15.1. The summed E-state index contributed by atoms with van der Waals surface area (Å²) in [5, 5.41) is 0.899. The van der Waals surface area contributed by atoms with Gasteiger partial charge in [0.25, 0.3) is 0 Å². The van der Waals surface area contributed by atoms with Crippen LogP contribution in [0.5, 0.6) is 5.75 Å². The molecule has 1 aromatic heterocycles. The molecular weight excluding hydrogens is 342 g/mol. The monoisotopic (exact) mass is 361 g/mol. The van der Waals surface area contributed by atoms with E-state index < -0.39 is 0 Å². The Bertz CT molecular complexity index is 1010. The number of pyridine rings is 1. The van der Waals surface area contributed by atoms with Crippen LogP contribution in [-0.4, -0.2) is 24.0 Å². The highest BCUT2D eigenvalue weighted by atomic mass is 16.5. The number of hydrogen-bond acceptors (Lipinski definition) is 5. The maximum Gasteiger partial charge on any atom is 0.337 e. The third-order valence-electron chi connectivity index (χ3n) is 4.00. The summed E-state index contributed by atoms with van der Waals surface area (Å²) in [6.45, 7) is 1.75. The number of aromatic nitrogens is 1. The number of carbonyl (C=O) groups is 2. The van der Waals surface area contributed by atoms with E-state index in [1.807, 2.05) is 48.6 Å². The smallest absolute Gasteiger partial charge is 0.337 e. The van der Waals surface area contributed by atoms with Gasteiger partial charge in [-0.2, -0.15) is 0 Å². The van der Waals surface area contributed by atoms with Gasteiger partial charge < -0.3 is 9.47 Å². The Balaban J connectivity index is 1.86. The molecule has 0 amide bonds. The van der Waals surface area contributed by atoms with E-state index in [0.717, 1.165) is 16.6 Å². The third-order valence-corrected chi connectivity index (χ3v) is 4.00. The van der Waals surface area contributed by atoms with Gasteiger partial charge in [0.15, 0.2) is 5.75 Å². The van der Waals surface area contributed by atoms with Crippen molar-refractivity contribution in [3.63, 3.8) is 0 Å². The summed E-state index contributed by atoms with van der Waals surface area (Å²) in [4.78, 5) is 27.7. The van der Waals surface area contributed by atoms with Crippen LogP contribution in [0.15, 0.2) is 54.6 Å². The molecule has 2 aromatic carbocycles. The fourth-order valence-electron chi connectivity index (χ4n) is 2.53. The predicted molar refractivity (Wildman–Crippen MR) is 104 cm³/mol. The minimum atomic E-state index is -0.365. The first kappa shape index (κ1) is 18.3. The third kappa shape index (κ3) is 4.39. The summed E-state index contributed by atoms with van der Waals surface area (Å²) in [6.07, 6.45) is 4.07. The van der Waals surface area contributed by atoms with E-state index in [1.165, 1.54) is 7.11 Å². The standard InChI is InChI=1S/C22H19NO4/c1-3-20(24)27-19-6-4-5-16-12-14-18(23-21(16)19)13-9-15-7-10-17(11-8-15)22(25)26-2/h4-14H,3H2,1-2H3. The van der Waals surface area contributed by atoms with Crippen LogP contribution >= 0.6 is 0 Å². The number of hydrogen-bond donors (Lipinski definition) is 0. The van der Waals surface area contributed by atoms with E-state index in [4.69, 9.17) is 9.47 Å². The first-order chi connectivity index (χ1) is 13.1. The summed E-state index contributed by atoms with van der Waals surface area (Å²) < 4.78 is 10.1. The molecular formula is C22H19NO4. The van der Waals surface area contributed by atoms with Gasteiger partial charge >= 0.3 is 11.9 Å². The lowest BCUT2D eigenvalue weighted by Gasteiger charge is -2.07. The first-order valence-corrected chi connectivity index (χ1v) is 8.57. The van der Waals surface area contributed by atoms with E-state index in [9.17, 15) is 9.59 Å². The Morgan fingerprint density at radius 3 is 2.48 bits per heavy atom. The lowest BCUT2D eigenvalue weighted by atomic mass is 10.1. The molecule has 0 bridgehead atoms. The van der Waals surface area contributed by atoms with Crippen molar-refractivity contribution >= 4 is 35.0 Å². The van der Waals surface area contributed by atoms with Crippen molar-refractivity contribution in [2.24, 2.45) is 0 Å². The molecule has 0 aliphatic heterocycles. The van der Waals surface area contributed by atoms with Gasteiger partial charge in [-0.15, -0.1) is 0 Å². The molecule has 0 spiro atoms. The van der Waals surface area contributed by atoms with Gasteiger partial charge in [-0.05, 0) is 35.9 Å². The number of ether oxygens (including phenoxy) is 2. The molecule has 0 saturated heterocycles. The lowest BCUT2D eigenvalue weighted by molar-refractivity contribution is -0.133. The highest BCUT2D eigenvalue weighted by Crippen LogP contribution is 2.25. The molecule has 0 fully saturated rings. The number of fused-ring (bicyclic) bond motifs is 1. The molecule has 5 nitrogen and oxygen atoms in total. The molecule has 1 heterocycles. The zero-order chi connectivity index (χ0) is 19.2. The van der Waals surface area contributed by atoms with E-state index in [-0.39, 0.29) is 11.9 Å². The molecule has 0 unspecified atom stereocenters. The number of methoxy groups -OCH3 is 1. The Labute approximate surface area is 157 Å². The number of rotatable bonds is 5. The van der Waals surface area contributed by atoms with Crippen molar-refractivity contribution in [3.05, 3.63) is 71.4 Å². The van der Waals surface area contributed by atoms with E-state index in [1.54, 1.807) is 25.1 Å². The number of benzene rings is 2. The quantitative estimate of drug-likeness (QED) is 0.494. The molecule has 0 saturated carbocycles. The second-order valence-corrected chi connectivity index (χ2v) is 5.84. The summed E-state index contributed by atoms with van der Waals surface area (Å²) in [5.74, 6) is -0.205. The maximum atomic E-state index is 11.6.